The Labute approximate surface area is 115 Å². The maximum atomic E-state index is 12.0. The number of amides is 1. The van der Waals surface area contributed by atoms with Crippen molar-refractivity contribution in [2.75, 3.05) is 19.3 Å². The fourth-order valence-corrected chi connectivity index (χ4v) is 3.35. The van der Waals surface area contributed by atoms with Crippen molar-refractivity contribution in [3.63, 3.8) is 0 Å². The standard InChI is InChI=1S/C12H25N3O3S/c1-9-5-6-13-10(7-9)11(16)14-8-12(2,3)15-19(4,17)18/h9-10,13,15H,5-8H2,1-4H3,(H,14,16). The molecular formula is C12H25N3O3S. The maximum absolute atomic E-state index is 12.0. The molecule has 19 heavy (non-hydrogen) atoms. The van der Waals surface area contributed by atoms with E-state index in [1.165, 1.54) is 0 Å². The molecule has 1 heterocycles. The Morgan fingerprint density at radius 2 is 2.05 bits per heavy atom. The normalized spacial score (nSPS) is 25.1. The van der Waals surface area contributed by atoms with Gasteiger partial charge in [0.05, 0.1) is 12.3 Å². The molecule has 3 N–H and O–H groups in total. The van der Waals surface area contributed by atoms with Crippen molar-refractivity contribution >= 4 is 15.9 Å². The van der Waals surface area contributed by atoms with Gasteiger partial charge in [0.2, 0.25) is 15.9 Å². The second-order valence-electron chi connectivity index (χ2n) is 6.11. The molecule has 1 amide bonds. The van der Waals surface area contributed by atoms with E-state index in [1.54, 1.807) is 13.8 Å². The zero-order chi connectivity index (χ0) is 14.7. The van der Waals surface area contributed by atoms with E-state index in [9.17, 15) is 13.2 Å². The van der Waals surface area contributed by atoms with Gasteiger partial charge < -0.3 is 10.6 Å². The molecule has 2 unspecified atom stereocenters. The van der Waals surface area contributed by atoms with E-state index < -0.39 is 15.6 Å². The topological polar surface area (TPSA) is 87.3 Å². The smallest absolute Gasteiger partial charge is 0.237 e. The van der Waals surface area contributed by atoms with E-state index in [0.717, 1.165) is 25.6 Å². The van der Waals surface area contributed by atoms with Gasteiger partial charge in [-0.3, -0.25) is 4.79 Å². The van der Waals surface area contributed by atoms with Crippen LogP contribution >= 0.6 is 0 Å². The van der Waals surface area contributed by atoms with Gasteiger partial charge in [0.1, 0.15) is 0 Å². The molecule has 1 aliphatic rings. The van der Waals surface area contributed by atoms with Crippen LogP contribution in [0.15, 0.2) is 0 Å². The summed E-state index contributed by atoms with van der Waals surface area (Å²) in [5.41, 5.74) is -0.691. The van der Waals surface area contributed by atoms with E-state index in [0.29, 0.717) is 5.92 Å². The van der Waals surface area contributed by atoms with Crippen molar-refractivity contribution in [3.8, 4) is 0 Å². The lowest BCUT2D eigenvalue weighted by Gasteiger charge is -2.30. The third kappa shape index (κ3) is 6.35. The van der Waals surface area contributed by atoms with E-state index >= 15 is 0 Å². The van der Waals surface area contributed by atoms with Crippen molar-refractivity contribution in [2.45, 2.75) is 45.2 Å². The molecule has 1 aliphatic heterocycles. The molecule has 2 atom stereocenters. The molecule has 0 radical (unpaired) electrons. The van der Waals surface area contributed by atoms with Gasteiger partial charge in [-0.2, -0.15) is 0 Å². The first-order valence-corrected chi connectivity index (χ1v) is 8.48. The summed E-state index contributed by atoms with van der Waals surface area (Å²) in [7, 11) is -3.28. The first-order chi connectivity index (χ1) is 8.59. The van der Waals surface area contributed by atoms with Gasteiger partial charge in [0, 0.05) is 12.1 Å². The highest BCUT2D eigenvalue weighted by atomic mass is 32.2. The predicted molar refractivity (Wildman–Crippen MR) is 75.3 cm³/mol. The number of carbonyl (C=O) groups is 1. The van der Waals surface area contributed by atoms with Crippen LogP contribution in [0.5, 0.6) is 0 Å². The third-order valence-electron chi connectivity index (χ3n) is 3.15. The summed E-state index contributed by atoms with van der Waals surface area (Å²) in [6.07, 6.45) is 3.03. The number of hydrogen-bond acceptors (Lipinski definition) is 4. The Hall–Kier alpha value is -0.660. The molecule has 0 spiro atoms. The number of nitrogens with one attached hydrogen (secondary N) is 3. The summed E-state index contributed by atoms with van der Waals surface area (Å²) < 4.78 is 24.9. The van der Waals surface area contributed by atoms with Gasteiger partial charge in [-0.1, -0.05) is 6.92 Å². The molecule has 1 fully saturated rings. The van der Waals surface area contributed by atoms with Crippen molar-refractivity contribution in [2.24, 2.45) is 5.92 Å². The lowest BCUT2D eigenvalue weighted by molar-refractivity contribution is -0.124. The summed E-state index contributed by atoms with van der Waals surface area (Å²) in [6.45, 7) is 6.74. The minimum Gasteiger partial charge on any atom is -0.353 e. The Morgan fingerprint density at radius 3 is 2.58 bits per heavy atom. The molecule has 0 aromatic carbocycles. The largest absolute Gasteiger partial charge is 0.353 e. The van der Waals surface area contributed by atoms with Crippen LogP contribution in [0.4, 0.5) is 0 Å². The maximum Gasteiger partial charge on any atom is 0.237 e. The highest BCUT2D eigenvalue weighted by molar-refractivity contribution is 7.88. The summed E-state index contributed by atoms with van der Waals surface area (Å²) in [6, 6.07) is -0.169. The van der Waals surface area contributed by atoms with Crippen LogP contribution in [0, 0.1) is 5.92 Å². The van der Waals surface area contributed by atoms with E-state index in [2.05, 4.69) is 22.3 Å². The predicted octanol–water partition coefficient (Wildman–Crippen LogP) is -0.181. The van der Waals surface area contributed by atoms with Gasteiger partial charge in [-0.05, 0) is 39.2 Å². The Morgan fingerprint density at radius 1 is 1.42 bits per heavy atom. The van der Waals surface area contributed by atoms with E-state index in [4.69, 9.17) is 0 Å². The Balaban J connectivity index is 2.45. The molecule has 7 heteroatoms. The SMILES string of the molecule is CC1CCNC(C(=O)NCC(C)(C)NS(C)(=O)=O)C1. The Kier molecular flexibility index (Phi) is 5.34. The summed E-state index contributed by atoms with van der Waals surface area (Å²) in [5.74, 6) is 0.481. The van der Waals surface area contributed by atoms with E-state index in [1.807, 2.05) is 0 Å². The average Bonchev–Trinajstić information content (AvgIpc) is 2.22. The van der Waals surface area contributed by atoms with Crippen molar-refractivity contribution in [3.05, 3.63) is 0 Å². The molecule has 1 saturated heterocycles. The zero-order valence-corrected chi connectivity index (χ0v) is 12.9. The number of carbonyl (C=O) groups excluding carboxylic acids is 1. The first kappa shape index (κ1) is 16.4. The molecular weight excluding hydrogens is 266 g/mol. The average molecular weight is 291 g/mol. The van der Waals surface area contributed by atoms with Crippen LogP contribution in [-0.2, 0) is 14.8 Å². The molecule has 0 aliphatic carbocycles. The molecule has 0 bridgehead atoms. The molecule has 6 nitrogen and oxygen atoms in total. The second kappa shape index (κ2) is 6.19. The van der Waals surface area contributed by atoms with Gasteiger partial charge >= 0.3 is 0 Å². The van der Waals surface area contributed by atoms with Crippen LogP contribution in [0.3, 0.4) is 0 Å². The molecule has 112 valence electrons. The number of piperidine rings is 1. The fraction of sp³-hybridized carbons (Fsp3) is 0.917. The van der Waals surface area contributed by atoms with Gasteiger partial charge in [-0.15, -0.1) is 0 Å². The molecule has 0 aromatic heterocycles. The highest BCUT2D eigenvalue weighted by Gasteiger charge is 2.27. The van der Waals surface area contributed by atoms with Gasteiger partial charge in [-0.25, -0.2) is 13.1 Å². The van der Waals surface area contributed by atoms with Crippen LogP contribution in [0.25, 0.3) is 0 Å². The zero-order valence-electron chi connectivity index (χ0n) is 12.1. The fourth-order valence-electron chi connectivity index (χ4n) is 2.28. The highest BCUT2D eigenvalue weighted by Crippen LogP contribution is 2.15. The van der Waals surface area contributed by atoms with Crippen molar-refractivity contribution in [1.29, 1.82) is 0 Å². The van der Waals surface area contributed by atoms with Crippen LogP contribution in [-0.4, -0.2) is 45.3 Å². The second-order valence-corrected chi connectivity index (χ2v) is 7.86. The van der Waals surface area contributed by atoms with Crippen LogP contribution in [0.2, 0.25) is 0 Å². The monoisotopic (exact) mass is 291 g/mol. The summed E-state index contributed by atoms with van der Waals surface area (Å²) in [4.78, 5) is 12.0. The first-order valence-electron chi connectivity index (χ1n) is 6.59. The van der Waals surface area contributed by atoms with Gasteiger partial charge in [0.15, 0.2) is 0 Å². The molecule has 0 aromatic rings. The third-order valence-corrected chi connectivity index (χ3v) is 4.07. The lowest BCUT2D eigenvalue weighted by atomic mass is 9.94. The number of rotatable bonds is 5. The summed E-state index contributed by atoms with van der Waals surface area (Å²) in [5, 5.41) is 5.99. The lowest BCUT2D eigenvalue weighted by Crippen LogP contribution is -2.55. The number of hydrogen-bond donors (Lipinski definition) is 3. The molecule has 1 rings (SSSR count). The minimum absolute atomic E-state index is 0.0603. The Bertz CT molecular complexity index is 420. The van der Waals surface area contributed by atoms with Crippen LogP contribution in [0.1, 0.15) is 33.6 Å². The quantitative estimate of drug-likeness (QED) is 0.656. The summed E-state index contributed by atoms with van der Waals surface area (Å²) >= 11 is 0. The van der Waals surface area contributed by atoms with Crippen molar-refractivity contribution in [1.82, 2.24) is 15.4 Å². The van der Waals surface area contributed by atoms with Gasteiger partial charge in [0.25, 0.3) is 0 Å². The van der Waals surface area contributed by atoms with Crippen LogP contribution < -0.4 is 15.4 Å². The van der Waals surface area contributed by atoms with E-state index in [-0.39, 0.29) is 18.5 Å². The number of sulfonamides is 1. The van der Waals surface area contributed by atoms with Crippen molar-refractivity contribution < 1.29 is 13.2 Å². The molecule has 0 saturated carbocycles. The minimum atomic E-state index is -3.28.